The number of piperidine rings is 2. The van der Waals surface area contributed by atoms with Gasteiger partial charge in [0.1, 0.15) is 11.7 Å². The van der Waals surface area contributed by atoms with Gasteiger partial charge >= 0.3 is 0 Å². The Labute approximate surface area is 239 Å². The lowest BCUT2D eigenvalue weighted by Crippen LogP contribution is -2.57. The lowest BCUT2D eigenvalue weighted by molar-refractivity contribution is -0.130. The fourth-order valence-corrected chi connectivity index (χ4v) is 9.55. The van der Waals surface area contributed by atoms with Crippen LogP contribution in [0, 0.1) is 29.6 Å². The summed E-state index contributed by atoms with van der Waals surface area (Å²) in [4.78, 5) is 15.9. The first-order valence-corrected chi connectivity index (χ1v) is 16.0. The van der Waals surface area contributed by atoms with E-state index in [1.807, 2.05) is 6.92 Å². The highest BCUT2D eigenvalue weighted by molar-refractivity contribution is 8.00. The monoisotopic (exact) mass is 595 g/mol. The fourth-order valence-electron chi connectivity index (χ4n) is 7.84. The van der Waals surface area contributed by atoms with E-state index in [0.29, 0.717) is 37.2 Å². The third-order valence-electron chi connectivity index (χ3n) is 10.2. The molecule has 224 valence electrons. The number of rotatable bonds is 7. The molecule has 5 fully saturated rings. The molecule has 4 N–H and O–H groups in total. The van der Waals surface area contributed by atoms with Crippen LogP contribution in [0.1, 0.15) is 46.0 Å². The second-order valence-electron chi connectivity index (χ2n) is 12.5. The Morgan fingerprint density at radius 3 is 2.62 bits per heavy atom. The van der Waals surface area contributed by atoms with Gasteiger partial charge in [0.15, 0.2) is 0 Å². The van der Waals surface area contributed by atoms with Crippen LogP contribution in [-0.2, 0) is 9.53 Å². The molecule has 0 aromatic carbocycles. The molecule has 1 aliphatic carbocycles. The number of halogens is 4. The van der Waals surface area contributed by atoms with Crippen molar-refractivity contribution in [3.8, 4) is 0 Å². The number of alkyl halides is 4. The highest BCUT2D eigenvalue weighted by Gasteiger charge is 2.48. The average molecular weight is 596 g/mol. The SMILES string of the molecule is COC1CNC(Cl)CC1C1CC(C)NCC1C(=O)NC1NC2CN(C(C)C3CCC(C(F)F)CC3F)CC2S1. The lowest BCUT2D eigenvalue weighted by Gasteiger charge is -2.45. The summed E-state index contributed by atoms with van der Waals surface area (Å²) in [5.74, 6) is -0.703. The van der Waals surface area contributed by atoms with Gasteiger partial charge in [0.05, 0.1) is 17.5 Å². The first-order chi connectivity index (χ1) is 18.6. The quantitative estimate of drug-likeness (QED) is 0.266. The number of nitrogens with one attached hydrogen (secondary N) is 4. The Morgan fingerprint density at radius 2 is 1.92 bits per heavy atom. The molecular formula is C27H45ClF3N5O2S. The summed E-state index contributed by atoms with van der Waals surface area (Å²) in [5.41, 5.74) is -0.272. The molecule has 0 bridgehead atoms. The van der Waals surface area contributed by atoms with Gasteiger partial charge < -0.3 is 15.4 Å². The Morgan fingerprint density at radius 1 is 1.13 bits per heavy atom. The van der Waals surface area contributed by atoms with E-state index >= 15 is 0 Å². The van der Waals surface area contributed by atoms with E-state index in [-0.39, 0.29) is 65.2 Å². The van der Waals surface area contributed by atoms with Gasteiger partial charge in [-0.1, -0.05) is 0 Å². The van der Waals surface area contributed by atoms with Crippen LogP contribution in [-0.4, -0.2) is 97.2 Å². The van der Waals surface area contributed by atoms with Crippen LogP contribution in [0.25, 0.3) is 0 Å². The Balaban J connectivity index is 1.14. The van der Waals surface area contributed by atoms with E-state index < -0.39 is 18.5 Å². The van der Waals surface area contributed by atoms with Crippen molar-refractivity contribution >= 4 is 29.3 Å². The Hall–Kier alpha value is -0.300. The smallest absolute Gasteiger partial charge is 0.241 e. The summed E-state index contributed by atoms with van der Waals surface area (Å²) >= 11 is 8.20. The van der Waals surface area contributed by atoms with Gasteiger partial charge in [-0.25, -0.2) is 13.2 Å². The molecule has 4 heterocycles. The highest BCUT2D eigenvalue weighted by Crippen LogP contribution is 2.41. The van der Waals surface area contributed by atoms with Crippen LogP contribution in [0.15, 0.2) is 0 Å². The molecule has 0 aromatic heterocycles. The van der Waals surface area contributed by atoms with Crippen molar-refractivity contribution in [3.05, 3.63) is 0 Å². The van der Waals surface area contributed by atoms with Crippen molar-refractivity contribution in [2.45, 2.75) is 99.0 Å². The number of hydrogen-bond donors (Lipinski definition) is 4. The summed E-state index contributed by atoms with van der Waals surface area (Å²) < 4.78 is 46.8. The van der Waals surface area contributed by atoms with Crippen LogP contribution < -0.4 is 21.3 Å². The largest absolute Gasteiger partial charge is 0.380 e. The molecule has 0 spiro atoms. The zero-order valence-electron chi connectivity index (χ0n) is 23.1. The molecule has 12 heteroatoms. The zero-order valence-corrected chi connectivity index (χ0v) is 24.7. The number of carbonyl (C=O) groups is 1. The van der Waals surface area contributed by atoms with Gasteiger partial charge in [-0.2, -0.15) is 0 Å². The van der Waals surface area contributed by atoms with E-state index in [2.05, 4.69) is 33.1 Å². The first kappa shape index (κ1) is 30.2. The lowest BCUT2D eigenvalue weighted by atomic mass is 9.70. The fraction of sp³-hybridized carbons (Fsp3) is 0.963. The van der Waals surface area contributed by atoms with Crippen molar-refractivity contribution in [1.29, 1.82) is 0 Å². The summed E-state index contributed by atoms with van der Waals surface area (Å²) in [6.07, 6.45) is -0.998. The number of methoxy groups -OCH3 is 1. The number of thioether (sulfide) groups is 1. The molecule has 4 aliphatic heterocycles. The topological polar surface area (TPSA) is 77.7 Å². The van der Waals surface area contributed by atoms with E-state index in [0.717, 1.165) is 25.9 Å². The van der Waals surface area contributed by atoms with Gasteiger partial charge in [-0.15, -0.1) is 23.4 Å². The minimum atomic E-state index is -2.43. The summed E-state index contributed by atoms with van der Waals surface area (Å²) in [6, 6.07) is 0.555. The van der Waals surface area contributed by atoms with Gasteiger partial charge in [0.2, 0.25) is 12.3 Å². The number of ether oxygens (including phenoxy) is 1. The molecule has 7 nitrogen and oxygen atoms in total. The number of fused-ring (bicyclic) bond motifs is 1. The maximum Gasteiger partial charge on any atom is 0.241 e. The Bertz CT molecular complexity index is 837. The van der Waals surface area contributed by atoms with E-state index in [1.54, 1.807) is 18.9 Å². The maximum absolute atomic E-state index is 14.8. The number of amides is 1. The molecule has 0 aromatic rings. The Kier molecular flexibility index (Phi) is 9.99. The van der Waals surface area contributed by atoms with Gasteiger partial charge in [0.25, 0.3) is 0 Å². The summed E-state index contributed by atoms with van der Waals surface area (Å²) in [6.45, 7) is 7.13. The minimum Gasteiger partial charge on any atom is -0.380 e. The van der Waals surface area contributed by atoms with Crippen molar-refractivity contribution in [2.24, 2.45) is 29.6 Å². The van der Waals surface area contributed by atoms with Gasteiger partial charge in [0, 0.05) is 68.5 Å². The van der Waals surface area contributed by atoms with Crippen molar-refractivity contribution in [1.82, 2.24) is 26.2 Å². The number of hydrogen-bond acceptors (Lipinski definition) is 7. The van der Waals surface area contributed by atoms with Crippen LogP contribution in [0.5, 0.6) is 0 Å². The normalized spacial score (nSPS) is 46.3. The van der Waals surface area contributed by atoms with Crippen molar-refractivity contribution in [2.75, 3.05) is 33.3 Å². The number of carbonyl (C=O) groups excluding carboxylic acids is 1. The van der Waals surface area contributed by atoms with E-state index in [4.69, 9.17) is 16.3 Å². The predicted molar refractivity (Wildman–Crippen MR) is 149 cm³/mol. The average Bonchev–Trinajstić information content (AvgIpc) is 3.47. The molecule has 13 unspecified atom stereocenters. The van der Waals surface area contributed by atoms with Crippen molar-refractivity contribution in [3.63, 3.8) is 0 Å². The molecule has 1 saturated carbocycles. The third kappa shape index (κ3) is 6.70. The van der Waals surface area contributed by atoms with E-state index in [1.165, 1.54) is 0 Å². The number of nitrogens with zero attached hydrogens (tertiary/aromatic N) is 1. The van der Waals surface area contributed by atoms with Gasteiger partial charge in [-0.05, 0) is 57.8 Å². The van der Waals surface area contributed by atoms with Crippen LogP contribution in [0.3, 0.4) is 0 Å². The number of likely N-dealkylation sites (tertiary alicyclic amines) is 1. The van der Waals surface area contributed by atoms with Crippen molar-refractivity contribution < 1.29 is 22.7 Å². The van der Waals surface area contributed by atoms with Gasteiger partial charge in [-0.3, -0.25) is 20.3 Å². The molecule has 1 amide bonds. The molecule has 0 radical (unpaired) electrons. The first-order valence-electron chi connectivity index (χ1n) is 14.7. The second kappa shape index (κ2) is 12.9. The second-order valence-corrected chi connectivity index (χ2v) is 14.4. The standard InChI is InChI=1S/C27H45ClF3N5O2S/c1-13-6-17(18-8-24(28)33-10-22(18)38-3)19(9-32-13)26(37)35-27-34-21-11-36(12-23(21)39-27)14(2)16-5-4-15(25(30)31)7-20(16)29/h13-25,27,32-34H,4-12H2,1-3H3,(H,35,37). The highest BCUT2D eigenvalue weighted by atomic mass is 35.5. The molecule has 5 aliphatic rings. The third-order valence-corrected chi connectivity index (χ3v) is 11.9. The van der Waals surface area contributed by atoms with Crippen LogP contribution in [0.2, 0.25) is 0 Å². The summed E-state index contributed by atoms with van der Waals surface area (Å²) in [7, 11) is 1.73. The molecule has 13 atom stereocenters. The minimum absolute atomic E-state index is 0.0141. The maximum atomic E-state index is 14.8. The summed E-state index contributed by atoms with van der Waals surface area (Å²) in [5, 5.41) is 13.9. The molecule has 4 saturated heterocycles. The zero-order chi connectivity index (χ0) is 27.8. The molecule has 5 rings (SSSR count). The molecule has 39 heavy (non-hydrogen) atoms. The van der Waals surface area contributed by atoms with Crippen LogP contribution >= 0.6 is 23.4 Å². The van der Waals surface area contributed by atoms with Crippen LogP contribution in [0.4, 0.5) is 13.2 Å². The molecular weight excluding hydrogens is 551 g/mol. The predicted octanol–water partition coefficient (Wildman–Crippen LogP) is 2.99. The van der Waals surface area contributed by atoms with E-state index in [9.17, 15) is 18.0 Å².